The van der Waals surface area contributed by atoms with Gasteiger partial charge in [-0.05, 0) is 25.5 Å². The number of ether oxygens (including phenoxy) is 2. The number of hydrogen-bond donors (Lipinski definition) is 1. The maximum atomic E-state index is 11.7. The summed E-state index contributed by atoms with van der Waals surface area (Å²) < 4.78 is 10.3. The van der Waals surface area contributed by atoms with Crippen molar-refractivity contribution in [3.8, 4) is 5.75 Å². The van der Waals surface area contributed by atoms with Crippen molar-refractivity contribution in [2.45, 2.75) is 19.4 Å². The van der Waals surface area contributed by atoms with Crippen molar-refractivity contribution in [1.29, 1.82) is 0 Å². The Morgan fingerprint density at radius 1 is 1.53 bits per heavy atom. The molecule has 1 rings (SSSR count). The SMILES string of the molecule is COCCCNC(=O)C(C)Oc1ccc(C=O)nc1. The Morgan fingerprint density at radius 3 is 2.89 bits per heavy atom. The van der Waals surface area contributed by atoms with Crippen LogP contribution in [0.5, 0.6) is 5.75 Å². The quantitative estimate of drug-likeness (QED) is 0.556. The Balaban J connectivity index is 2.37. The standard InChI is InChI=1S/C13H18N2O4/c1-10(13(17)14-6-3-7-18-2)19-12-5-4-11(9-16)15-8-12/h4-5,8-10H,3,6-7H2,1-2H3,(H,14,17). The predicted molar refractivity (Wildman–Crippen MR) is 69.2 cm³/mol. The summed E-state index contributed by atoms with van der Waals surface area (Å²) in [5.41, 5.74) is 0.323. The molecule has 0 saturated carbocycles. The van der Waals surface area contributed by atoms with Crippen LogP contribution in [0.1, 0.15) is 23.8 Å². The summed E-state index contributed by atoms with van der Waals surface area (Å²) in [4.78, 5) is 26.0. The first-order chi connectivity index (χ1) is 9.17. The molecule has 1 unspecified atom stereocenters. The summed E-state index contributed by atoms with van der Waals surface area (Å²) in [6.07, 6.45) is 2.20. The molecule has 1 heterocycles. The summed E-state index contributed by atoms with van der Waals surface area (Å²) in [5.74, 6) is 0.251. The number of aldehydes is 1. The van der Waals surface area contributed by atoms with Gasteiger partial charge in [0.25, 0.3) is 5.91 Å². The van der Waals surface area contributed by atoms with E-state index in [2.05, 4.69) is 10.3 Å². The summed E-state index contributed by atoms with van der Waals surface area (Å²) in [6.45, 7) is 2.80. The van der Waals surface area contributed by atoms with Gasteiger partial charge in [0.05, 0.1) is 6.20 Å². The molecule has 1 atom stereocenters. The minimum absolute atomic E-state index is 0.199. The summed E-state index contributed by atoms with van der Waals surface area (Å²) in [7, 11) is 1.61. The number of carbonyl (C=O) groups is 2. The molecule has 1 aromatic heterocycles. The van der Waals surface area contributed by atoms with Gasteiger partial charge in [0.15, 0.2) is 12.4 Å². The van der Waals surface area contributed by atoms with E-state index in [0.29, 0.717) is 30.9 Å². The number of amides is 1. The van der Waals surface area contributed by atoms with Crippen LogP contribution < -0.4 is 10.1 Å². The molecule has 1 aromatic rings. The zero-order chi connectivity index (χ0) is 14.1. The summed E-state index contributed by atoms with van der Waals surface area (Å²) >= 11 is 0. The van der Waals surface area contributed by atoms with Crippen LogP contribution >= 0.6 is 0 Å². The highest BCUT2D eigenvalue weighted by atomic mass is 16.5. The van der Waals surface area contributed by atoms with E-state index in [-0.39, 0.29) is 5.91 Å². The van der Waals surface area contributed by atoms with Crippen molar-refractivity contribution < 1.29 is 19.1 Å². The molecule has 0 aliphatic rings. The van der Waals surface area contributed by atoms with Crippen molar-refractivity contribution in [3.63, 3.8) is 0 Å². The van der Waals surface area contributed by atoms with Crippen LogP contribution in [0, 0.1) is 0 Å². The summed E-state index contributed by atoms with van der Waals surface area (Å²) in [5, 5.41) is 2.74. The summed E-state index contributed by atoms with van der Waals surface area (Å²) in [6, 6.07) is 3.14. The number of aromatic nitrogens is 1. The average Bonchev–Trinajstić information content (AvgIpc) is 2.44. The third-order valence-electron chi connectivity index (χ3n) is 2.39. The smallest absolute Gasteiger partial charge is 0.260 e. The Hall–Kier alpha value is -1.95. The van der Waals surface area contributed by atoms with E-state index < -0.39 is 6.10 Å². The lowest BCUT2D eigenvalue weighted by molar-refractivity contribution is -0.127. The van der Waals surface area contributed by atoms with E-state index in [1.165, 1.54) is 12.3 Å². The van der Waals surface area contributed by atoms with Gasteiger partial charge in [-0.15, -0.1) is 0 Å². The van der Waals surface area contributed by atoms with Gasteiger partial charge in [0.2, 0.25) is 0 Å². The molecule has 1 amide bonds. The maximum Gasteiger partial charge on any atom is 0.260 e. The first kappa shape index (κ1) is 15.1. The van der Waals surface area contributed by atoms with E-state index in [1.807, 2.05) is 0 Å². The topological polar surface area (TPSA) is 77.5 Å². The highest BCUT2D eigenvalue weighted by Crippen LogP contribution is 2.10. The van der Waals surface area contributed by atoms with E-state index in [0.717, 1.165) is 6.42 Å². The molecular weight excluding hydrogens is 248 g/mol. The third kappa shape index (κ3) is 5.48. The second-order valence-electron chi connectivity index (χ2n) is 3.93. The minimum atomic E-state index is -0.619. The molecule has 1 N–H and O–H groups in total. The molecule has 6 heteroatoms. The molecule has 19 heavy (non-hydrogen) atoms. The molecule has 0 spiro atoms. The van der Waals surface area contributed by atoms with Crippen molar-refractivity contribution in [3.05, 3.63) is 24.0 Å². The van der Waals surface area contributed by atoms with E-state index in [1.54, 1.807) is 20.1 Å². The van der Waals surface area contributed by atoms with Gasteiger partial charge in [-0.3, -0.25) is 9.59 Å². The number of nitrogens with zero attached hydrogens (tertiary/aromatic N) is 1. The third-order valence-corrected chi connectivity index (χ3v) is 2.39. The fourth-order valence-electron chi connectivity index (χ4n) is 1.36. The van der Waals surface area contributed by atoms with Crippen LogP contribution in [0.3, 0.4) is 0 Å². The molecule has 0 bridgehead atoms. The van der Waals surface area contributed by atoms with Crippen molar-refractivity contribution in [2.75, 3.05) is 20.3 Å². The maximum absolute atomic E-state index is 11.7. The number of carbonyl (C=O) groups excluding carboxylic acids is 2. The van der Waals surface area contributed by atoms with Crippen molar-refractivity contribution >= 4 is 12.2 Å². The zero-order valence-corrected chi connectivity index (χ0v) is 11.1. The van der Waals surface area contributed by atoms with E-state index in [9.17, 15) is 9.59 Å². The molecule has 0 aromatic carbocycles. The first-order valence-electron chi connectivity index (χ1n) is 6.02. The second kappa shape index (κ2) is 8.20. The highest BCUT2D eigenvalue weighted by Gasteiger charge is 2.13. The lowest BCUT2D eigenvalue weighted by atomic mass is 10.3. The monoisotopic (exact) mass is 266 g/mol. The Bertz CT molecular complexity index is 406. The first-order valence-corrected chi connectivity index (χ1v) is 6.02. The molecule has 0 aliphatic heterocycles. The average molecular weight is 266 g/mol. The number of rotatable bonds is 8. The van der Waals surface area contributed by atoms with Gasteiger partial charge in [-0.25, -0.2) is 4.98 Å². The zero-order valence-electron chi connectivity index (χ0n) is 11.1. The number of nitrogens with one attached hydrogen (secondary N) is 1. The van der Waals surface area contributed by atoms with Crippen LogP contribution in [0.25, 0.3) is 0 Å². The fourth-order valence-corrected chi connectivity index (χ4v) is 1.36. The van der Waals surface area contributed by atoms with Crippen LogP contribution in [-0.4, -0.2) is 43.5 Å². The molecule has 6 nitrogen and oxygen atoms in total. The van der Waals surface area contributed by atoms with E-state index in [4.69, 9.17) is 9.47 Å². The molecule has 0 saturated heterocycles. The van der Waals surface area contributed by atoms with Gasteiger partial charge in [0.1, 0.15) is 11.4 Å². The Morgan fingerprint density at radius 2 is 2.32 bits per heavy atom. The minimum Gasteiger partial charge on any atom is -0.479 e. The van der Waals surface area contributed by atoms with Gasteiger partial charge in [0, 0.05) is 20.3 Å². The number of pyridine rings is 1. The molecule has 104 valence electrons. The van der Waals surface area contributed by atoms with Crippen molar-refractivity contribution in [2.24, 2.45) is 0 Å². The Kier molecular flexibility index (Phi) is 6.52. The van der Waals surface area contributed by atoms with Crippen LogP contribution in [0.4, 0.5) is 0 Å². The highest BCUT2D eigenvalue weighted by molar-refractivity contribution is 5.80. The van der Waals surface area contributed by atoms with Crippen LogP contribution in [0.2, 0.25) is 0 Å². The van der Waals surface area contributed by atoms with Gasteiger partial charge >= 0.3 is 0 Å². The Labute approximate surface area is 112 Å². The normalized spacial score (nSPS) is 11.7. The van der Waals surface area contributed by atoms with Gasteiger partial charge in [-0.1, -0.05) is 0 Å². The van der Waals surface area contributed by atoms with Crippen LogP contribution in [0.15, 0.2) is 18.3 Å². The lowest BCUT2D eigenvalue weighted by Gasteiger charge is -2.14. The molecular formula is C13H18N2O4. The number of methoxy groups -OCH3 is 1. The van der Waals surface area contributed by atoms with Gasteiger partial charge in [-0.2, -0.15) is 0 Å². The van der Waals surface area contributed by atoms with E-state index >= 15 is 0 Å². The van der Waals surface area contributed by atoms with Gasteiger partial charge < -0.3 is 14.8 Å². The molecule has 0 fully saturated rings. The van der Waals surface area contributed by atoms with Crippen molar-refractivity contribution in [1.82, 2.24) is 10.3 Å². The molecule has 0 radical (unpaired) electrons. The fraction of sp³-hybridized carbons (Fsp3) is 0.462. The predicted octanol–water partition coefficient (Wildman–Crippen LogP) is 0.814. The largest absolute Gasteiger partial charge is 0.479 e. The van der Waals surface area contributed by atoms with Crippen LogP contribution in [-0.2, 0) is 9.53 Å². The molecule has 0 aliphatic carbocycles. The number of hydrogen-bond acceptors (Lipinski definition) is 5. The lowest BCUT2D eigenvalue weighted by Crippen LogP contribution is -2.37. The second-order valence-corrected chi connectivity index (χ2v) is 3.93.